The number of halogens is 1. The monoisotopic (exact) mass is 398 g/mol. The maximum atomic E-state index is 4.36. The molecule has 2 aromatic heterocycles. The van der Waals surface area contributed by atoms with Crippen molar-refractivity contribution in [1.29, 1.82) is 0 Å². The SMILES string of the molecule is Brc1ccc(-c2ccc3c(c2)c2cnccc2n3-c2ccccc2)cc1. The van der Waals surface area contributed by atoms with Gasteiger partial charge in [0.1, 0.15) is 0 Å². The van der Waals surface area contributed by atoms with Crippen molar-refractivity contribution in [2.45, 2.75) is 0 Å². The summed E-state index contributed by atoms with van der Waals surface area (Å²) in [6.45, 7) is 0. The Morgan fingerprint density at radius 1 is 0.692 bits per heavy atom. The molecule has 3 aromatic carbocycles. The van der Waals surface area contributed by atoms with E-state index in [4.69, 9.17) is 0 Å². The van der Waals surface area contributed by atoms with E-state index in [0.29, 0.717) is 0 Å². The molecule has 3 heteroatoms. The molecular formula is C23H15BrN2. The molecule has 0 atom stereocenters. The Hall–Kier alpha value is -2.91. The highest BCUT2D eigenvalue weighted by Gasteiger charge is 2.13. The normalized spacial score (nSPS) is 11.3. The van der Waals surface area contributed by atoms with Crippen molar-refractivity contribution in [2.24, 2.45) is 0 Å². The van der Waals surface area contributed by atoms with Crippen LogP contribution in [0.5, 0.6) is 0 Å². The summed E-state index contributed by atoms with van der Waals surface area (Å²) in [5.41, 5.74) is 5.95. The largest absolute Gasteiger partial charge is 0.309 e. The predicted octanol–water partition coefficient (Wildman–Crippen LogP) is 6.61. The molecule has 124 valence electrons. The molecule has 5 rings (SSSR count). The topological polar surface area (TPSA) is 17.8 Å². The summed E-state index contributed by atoms with van der Waals surface area (Å²) in [7, 11) is 0. The van der Waals surface area contributed by atoms with Crippen LogP contribution in [0.4, 0.5) is 0 Å². The van der Waals surface area contributed by atoms with E-state index in [1.807, 2.05) is 18.5 Å². The van der Waals surface area contributed by atoms with Crippen molar-refractivity contribution in [3.63, 3.8) is 0 Å². The lowest BCUT2D eigenvalue weighted by molar-refractivity contribution is 1.17. The zero-order valence-electron chi connectivity index (χ0n) is 13.9. The standard InChI is InChI=1S/C23H15BrN2/c24-18-9-6-16(7-10-18)17-8-11-22-20(14-17)21-15-25-13-12-23(21)26(22)19-4-2-1-3-5-19/h1-15H. The van der Waals surface area contributed by atoms with Crippen LogP contribution in [-0.2, 0) is 0 Å². The molecule has 0 aliphatic rings. The van der Waals surface area contributed by atoms with Gasteiger partial charge in [0.15, 0.2) is 0 Å². The van der Waals surface area contributed by atoms with Crippen molar-refractivity contribution >= 4 is 37.7 Å². The number of fused-ring (bicyclic) bond motifs is 3. The number of para-hydroxylation sites is 1. The van der Waals surface area contributed by atoms with Gasteiger partial charge >= 0.3 is 0 Å². The quantitative estimate of drug-likeness (QED) is 0.327. The van der Waals surface area contributed by atoms with Gasteiger partial charge in [-0.15, -0.1) is 0 Å². The van der Waals surface area contributed by atoms with Gasteiger partial charge in [-0.25, -0.2) is 0 Å². The van der Waals surface area contributed by atoms with Crippen LogP contribution in [0.25, 0.3) is 38.6 Å². The summed E-state index contributed by atoms with van der Waals surface area (Å²) in [6, 6.07) is 27.7. The molecule has 0 aliphatic carbocycles. The molecule has 0 saturated heterocycles. The molecule has 0 fully saturated rings. The Bertz CT molecular complexity index is 1220. The average Bonchev–Trinajstić information content (AvgIpc) is 3.03. The van der Waals surface area contributed by atoms with Crippen LogP contribution in [0.2, 0.25) is 0 Å². The van der Waals surface area contributed by atoms with E-state index in [2.05, 4.69) is 98.3 Å². The van der Waals surface area contributed by atoms with Crippen LogP contribution in [-0.4, -0.2) is 9.55 Å². The molecule has 5 aromatic rings. The van der Waals surface area contributed by atoms with Crippen molar-refractivity contribution in [3.8, 4) is 16.8 Å². The first-order chi connectivity index (χ1) is 12.8. The fourth-order valence-corrected chi connectivity index (χ4v) is 3.81. The lowest BCUT2D eigenvalue weighted by atomic mass is 10.0. The Labute approximate surface area is 159 Å². The minimum atomic E-state index is 1.09. The number of aromatic nitrogens is 2. The second-order valence-corrected chi connectivity index (χ2v) is 7.22. The van der Waals surface area contributed by atoms with E-state index in [1.165, 1.54) is 32.9 Å². The maximum Gasteiger partial charge on any atom is 0.0571 e. The van der Waals surface area contributed by atoms with Gasteiger partial charge in [0.05, 0.1) is 11.0 Å². The summed E-state index contributed by atoms with van der Waals surface area (Å²) in [5, 5.41) is 2.39. The lowest BCUT2D eigenvalue weighted by Gasteiger charge is -2.08. The summed E-state index contributed by atoms with van der Waals surface area (Å²) in [5.74, 6) is 0. The third-order valence-electron chi connectivity index (χ3n) is 4.76. The molecule has 2 nitrogen and oxygen atoms in total. The second kappa shape index (κ2) is 6.11. The summed E-state index contributed by atoms with van der Waals surface area (Å²) in [4.78, 5) is 4.36. The zero-order chi connectivity index (χ0) is 17.5. The fourth-order valence-electron chi connectivity index (χ4n) is 3.54. The summed E-state index contributed by atoms with van der Waals surface area (Å²) in [6.07, 6.45) is 3.82. The van der Waals surface area contributed by atoms with Crippen LogP contribution in [0, 0.1) is 0 Å². The molecule has 0 spiro atoms. The van der Waals surface area contributed by atoms with Gasteiger partial charge in [0.25, 0.3) is 0 Å². The molecule has 0 bridgehead atoms. The second-order valence-electron chi connectivity index (χ2n) is 6.30. The third-order valence-corrected chi connectivity index (χ3v) is 5.29. The molecule has 26 heavy (non-hydrogen) atoms. The summed E-state index contributed by atoms with van der Waals surface area (Å²) >= 11 is 3.51. The Morgan fingerprint density at radius 3 is 2.23 bits per heavy atom. The van der Waals surface area contributed by atoms with Crippen molar-refractivity contribution in [3.05, 3.63) is 95.7 Å². The van der Waals surface area contributed by atoms with Gasteiger partial charge in [-0.05, 0) is 53.6 Å². The van der Waals surface area contributed by atoms with Crippen LogP contribution >= 0.6 is 15.9 Å². The molecule has 0 radical (unpaired) electrons. The van der Waals surface area contributed by atoms with Gasteiger partial charge in [-0.1, -0.05) is 52.3 Å². The minimum absolute atomic E-state index is 1.09. The number of benzene rings is 3. The summed E-state index contributed by atoms with van der Waals surface area (Å²) < 4.78 is 3.39. The molecular weight excluding hydrogens is 384 g/mol. The van der Waals surface area contributed by atoms with Gasteiger partial charge in [0, 0.05) is 33.3 Å². The molecule has 0 aliphatic heterocycles. The Morgan fingerprint density at radius 2 is 1.42 bits per heavy atom. The van der Waals surface area contributed by atoms with Crippen molar-refractivity contribution in [2.75, 3.05) is 0 Å². The first kappa shape index (κ1) is 15.4. The zero-order valence-corrected chi connectivity index (χ0v) is 15.5. The molecule has 2 heterocycles. The molecule has 0 amide bonds. The van der Waals surface area contributed by atoms with Crippen LogP contribution in [0.3, 0.4) is 0 Å². The van der Waals surface area contributed by atoms with E-state index < -0.39 is 0 Å². The van der Waals surface area contributed by atoms with E-state index >= 15 is 0 Å². The maximum absolute atomic E-state index is 4.36. The van der Waals surface area contributed by atoms with Gasteiger partial charge < -0.3 is 4.57 Å². The Kier molecular flexibility index (Phi) is 3.61. The third kappa shape index (κ3) is 2.44. The highest BCUT2D eigenvalue weighted by atomic mass is 79.9. The van der Waals surface area contributed by atoms with Crippen molar-refractivity contribution in [1.82, 2.24) is 9.55 Å². The van der Waals surface area contributed by atoms with E-state index in [-0.39, 0.29) is 0 Å². The van der Waals surface area contributed by atoms with Crippen LogP contribution < -0.4 is 0 Å². The Balaban J connectivity index is 1.82. The first-order valence-corrected chi connectivity index (χ1v) is 9.30. The van der Waals surface area contributed by atoms with E-state index in [9.17, 15) is 0 Å². The molecule has 0 N–H and O–H groups in total. The van der Waals surface area contributed by atoms with Crippen LogP contribution in [0.1, 0.15) is 0 Å². The van der Waals surface area contributed by atoms with Crippen molar-refractivity contribution < 1.29 is 0 Å². The molecule has 0 unspecified atom stereocenters. The predicted molar refractivity (Wildman–Crippen MR) is 112 cm³/mol. The van der Waals surface area contributed by atoms with Gasteiger partial charge in [-0.3, -0.25) is 4.98 Å². The smallest absolute Gasteiger partial charge is 0.0571 e. The van der Waals surface area contributed by atoms with Gasteiger partial charge in [-0.2, -0.15) is 0 Å². The number of nitrogens with zero attached hydrogens (tertiary/aromatic N) is 2. The highest BCUT2D eigenvalue weighted by molar-refractivity contribution is 9.10. The first-order valence-electron chi connectivity index (χ1n) is 8.51. The van der Waals surface area contributed by atoms with E-state index in [1.54, 1.807) is 0 Å². The number of pyridine rings is 1. The average molecular weight is 399 g/mol. The lowest BCUT2D eigenvalue weighted by Crippen LogP contribution is -1.92. The fraction of sp³-hybridized carbons (Fsp3) is 0. The highest BCUT2D eigenvalue weighted by Crippen LogP contribution is 2.34. The number of hydrogen-bond acceptors (Lipinski definition) is 1. The molecule has 0 saturated carbocycles. The number of rotatable bonds is 2. The van der Waals surface area contributed by atoms with E-state index in [0.717, 1.165) is 10.2 Å². The number of hydrogen-bond donors (Lipinski definition) is 0. The van der Waals surface area contributed by atoms with Crippen LogP contribution in [0.15, 0.2) is 95.7 Å². The van der Waals surface area contributed by atoms with Gasteiger partial charge in [0.2, 0.25) is 0 Å². The minimum Gasteiger partial charge on any atom is -0.309 e.